The van der Waals surface area contributed by atoms with Crippen LogP contribution < -0.4 is 0 Å². The second-order valence-electron chi connectivity index (χ2n) is 19.2. The van der Waals surface area contributed by atoms with Crippen molar-refractivity contribution in [1.29, 1.82) is 0 Å². The van der Waals surface area contributed by atoms with Gasteiger partial charge in [-0.05, 0) is 96.4 Å². The first kappa shape index (κ1) is 46.8. The Kier molecular flexibility index (Phi) is 15.6. The molecule has 1 radical (unpaired) electrons. The summed E-state index contributed by atoms with van der Waals surface area (Å²) in [7, 11) is 0. The van der Waals surface area contributed by atoms with Gasteiger partial charge in [-0.2, -0.15) is 5.70 Å². The summed E-state index contributed by atoms with van der Waals surface area (Å²) in [6, 6.07) is 22.6. The number of benzene rings is 3. The van der Waals surface area contributed by atoms with Crippen molar-refractivity contribution in [1.82, 2.24) is 4.98 Å². The summed E-state index contributed by atoms with van der Waals surface area (Å²) in [6.07, 6.45) is 11.3. The van der Waals surface area contributed by atoms with Gasteiger partial charge in [0.2, 0.25) is 0 Å². The summed E-state index contributed by atoms with van der Waals surface area (Å²) in [5.74, 6) is 1.11. The molecule has 1 aliphatic rings. The molecule has 0 bridgehead atoms. The average Bonchev–Trinajstić information content (AvgIpc) is 3.51. The molecule has 5 aromatic rings. The van der Waals surface area contributed by atoms with Crippen molar-refractivity contribution in [2.24, 2.45) is 16.8 Å². The van der Waals surface area contributed by atoms with Crippen molar-refractivity contribution in [3.05, 3.63) is 94.6 Å². The van der Waals surface area contributed by atoms with Crippen molar-refractivity contribution in [3.63, 3.8) is 0 Å². The van der Waals surface area contributed by atoms with Crippen molar-refractivity contribution >= 4 is 48.0 Å². The molecule has 3 nitrogen and oxygen atoms in total. The minimum atomic E-state index is 0. The SMILES string of the molecule is CC(C)(C)c1cc(-c2nccc3c2sc2cc4c(cc23)C(C)(C)CCC4(C)C)[c-]c2ccccc12.CCC(CC)C(/C=C(\[N-]C(C)C)C(CC)CC)=NC(C)C.[Ir]. The largest absolute Gasteiger partial charge is 0.685 e. The molecule has 2 heterocycles. The maximum absolute atomic E-state index is 4.94. The Morgan fingerprint density at radius 1 is 0.825 bits per heavy atom. The molecule has 0 aliphatic heterocycles. The number of nitrogens with zero attached hydrogens (tertiary/aromatic N) is 3. The standard InChI is InChI=1S/C33H34NS.C19H37N2.Ir/c1-31(2,3)25-17-21(16-20-10-8-9-11-22(20)25)29-30-23(12-15-34-29)24-18-26-27(19-28(24)35-30)33(6,7)14-13-32(26,4)5;1-9-16(10-2)18(20-14(5)6)13-19(21-15(7)8)17(11-3)12-4;/h8-12,15,17-19H,13-14H2,1-7H3;13-17H,9-12H2,1-8H3;/q2*-1;/b;18-13-,21-19?;. The van der Waals surface area contributed by atoms with Gasteiger partial charge in [-0.1, -0.05) is 138 Å². The zero-order valence-electron chi connectivity index (χ0n) is 37.9. The first-order chi connectivity index (χ1) is 26.3. The van der Waals surface area contributed by atoms with E-state index in [4.69, 9.17) is 15.3 Å². The second-order valence-corrected chi connectivity index (χ2v) is 20.2. The van der Waals surface area contributed by atoms with Gasteiger partial charge in [0.25, 0.3) is 0 Å². The van der Waals surface area contributed by atoms with E-state index in [1.165, 1.54) is 66.5 Å². The zero-order valence-corrected chi connectivity index (χ0v) is 41.1. The fraction of sp³-hybridized carbons (Fsp3) is 0.538. The number of hydrogen-bond donors (Lipinski definition) is 0. The Bertz CT molecular complexity index is 2180. The number of aliphatic imine (C=N–C) groups is 1. The van der Waals surface area contributed by atoms with E-state index in [9.17, 15) is 0 Å². The van der Waals surface area contributed by atoms with Crippen LogP contribution in [0.2, 0.25) is 0 Å². The molecule has 0 saturated carbocycles. The topological polar surface area (TPSA) is 39.4 Å². The number of hydrogen-bond acceptors (Lipinski definition) is 3. The minimum absolute atomic E-state index is 0. The Balaban J connectivity index is 0.000000285. The molecule has 0 amide bonds. The summed E-state index contributed by atoms with van der Waals surface area (Å²) in [5.41, 5.74) is 9.49. The van der Waals surface area contributed by atoms with Crippen LogP contribution in [0.15, 0.2) is 71.5 Å². The van der Waals surface area contributed by atoms with Gasteiger partial charge in [-0.3, -0.25) is 9.98 Å². The number of rotatable bonds is 11. The monoisotopic (exact) mass is 963 g/mol. The molecule has 6 rings (SSSR count). The van der Waals surface area contributed by atoms with Crippen LogP contribution in [0.25, 0.3) is 47.5 Å². The summed E-state index contributed by atoms with van der Waals surface area (Å²) in [5, 5.41) is 10.0. The molecule has 5 heteroatoms. The zero-order chi connectivity index (χ0) is 41.2. The summed E-state index contributed by atoms with van der Waals surface area (Å²) >= 11 is 1.89. The van der Waals surface area contributed by atoms with Crippen molar-refractivity contribution in [3.8, 4) is 11.3 Å². The number of aromatic nitrogens is 1. The van der Waals surface area contributed by atoms with Gasteiger partial charge in [0.1, 0.15) is 0 Å². The molecule has 0 spiro atoms. The van der Waals surface area contributed by atoms with Gasteiger partial charge in [0.15, 0.2) is 0 Å². The number of allylic oxidation sites excluding steroid dienone is 2. The molecule has 0 N–H and O–H groups in total. The van der Waals surface area contributed by atoms with Crippen LogP contribution in [0.4, 0.5) is 0 Å². The maximum atomic E-state index is 4.94. The van der Waals surface area contributed by atoms with Gasteiger partial charge in [-0.15, -0.1) is 46.5 Å². The predicted molar refractivity (Wildman–Crippen MR) is 250 cm³/mol. The molecule has 1 aliphatic carbocycles. The summed E-state index contributed by atoms with van der Waals surface area (Å²) < 4.78 is 2.64. The van der Waals surface area contributed by atoms with Crippen LogP contribution in [0, 0.1) is 17.9 Å². The van der Waals surface area contributed by atoms with Crippen molar-refractivity contribution < 1.29 is 20.1 Å². The maximum Gasteiger partial charge on any atom is 0.0446 e. The van der Waals surface area contributed by atoms with Crippen molar-refractivity contribution in [2.75, 3.05) is 0 Å². The molecular weight excluding hydrogens is 891 g/mol. The van der Waals surface area contributed by atoms with Gasteiger partial charge < -0.3 is 5.32 Å². The molecule has 3 aromatic carbocycles. The smallest absolute Gasteiger partial charge is 0.0446 e. The molecule has 0 atom stereocenters. The molecule has 2 aromatic heterocycles. The first-order valence-corrected chi connectivity index (χ1v) is 22.5. The number of thiophene rings is 1. The third kappa shape index (κ3) is 10.5. The van der Waals surface area contributed by atoms with Crippen LogP contribution in [-0.4, -0.2) is 22.8 Å². The van der Waals surface area contributed by atoms with E-state index in [-0.39, 0.29) is 36.4 Å². The number of fused-ring (bicyclic) bond motifs is 5. The molecule has 0 unspecified atom stereocenters. The van der Waals surface area contributed by atoms with E-state index in [1.807, 2.05) is 17.5 Å². The third-order valence-electron chi connectivity index (χ3n) is 12.1. The van der Waals surface area contributed by atoms with Crippen LogP contribution in [-0.2, 0) is 36.4 Å². The fourth-order valence-electron chi connectivity index (χ4n) is 8.62. The summed E-state index contributed by atoms with van der Waals surface area (Å²) in [4.78, 5) is 9.83. The van der Waals surface area contributed by atoms with Gasteiger partial charge in [0, 0.05) is 64.5 Å². The van der Waals surface area contributed by atoms with Crippen molar-refractivity contribution in [2.45, 2.75) is 171 Å². The quantitative estimate of drug-likeness (QED) is 0.0960. The van der Waals surface area contributed by atoms with E-state index in [0.29, 0.717) is 23.9 Å². The molecular formula is C52H71IrN3S-2. The molecule has 0 fully saturated rings. The molecule has 57 heavy (non-hydrogen) atoms. The predicted octanol–water partition coefficient (Wildman–Crippen LogP) is 16.1. The van der Waals surface area contributed by atoms with Crippen LogP contribution in [0.3, 0.4) is 0 Å². The molecule has 311 valence electrons. The van der Waals surface area contributed by atoms with E-state index < -0.39 is 0 Å². The first-order valence-electron chi connectivity index (χ1n) is 21.7. The average molecular weight is 962 g/mol. The fourth-order valence-corrected chi connectivity index (χ4v) is 9.84. The Labute approximate surface area is 364 Å². The Morgan fingerprint density at radius 3 is 1.98 bits per heavy atom. The normalized spacial score (nSPS) is 15.7. The Hall–Kier alpha value is -2.85. The van der Waals surface area contributed by atoms with Crippen LogP contribution in [0.1, 0.15) is 159 Å². The van der Waals surface area contributed by atoms with E-state index in [2.05, 4.69) is 165 Å². The molecule has 0 saturated heterocycles. The van der Waals surface area contributed by atoms with E-state index >= 15 is 0 Å². The van der Waals surface area contributed by atoms with E-state index in [1.54, 1.807) is 0 Å². The second kappa shape index (κ2) is 19.0. The van der Waals surface area contributed by atoms with E-state index in [0.717, 1.165) is 42.3 Å². The van der Waals surface area contributed by atoms with Crippen LogP contribution >= 0.6 is 11.3 Å². The minimum Gasteiger partial charge on any atom is -0.685 e. The van der Waals surface area contributed by atoms with Crippen LogP contribution in [0.5, 0.6) is 0 Å². The van der Waals surface area contributed by atoms with Gasteiger partial charge in [0.05, 0.1) is 0 Å². The Morgan fingerprint density at radius 2 is 1.42 bits per heavy atom. The third-order valence-corrected chi connectivity index (χ3v) is 13.3. The number of pyridine rings is 1. The van der Waals surface area contributed by atoms with Gasteiger partial charge in [-0.25, -0.2) is 0 Å². The van der Waals surface area contributed by atoms with Gasteiger partial charge >= 0.3 is 0 Å². The summed E-state index contributed by atoms with van der Waals surface area (Å²) in [6.45, 7) is 34.2.